The number of thiophene rings is 1. The lowest BCUT2D eigenvalue weighted by molar-refractivity contribution is 0.247. The summed E-state index contributed by atoms with van der Waals surface area (Å²) in [5.41, 5.74) is 2.35. The van der Waals surface area contributed by atoms with Crippen LogP contribution in [0, 0.1) is 17.2 Å². The molecule has 1 saturated heterocycles. The predicted octanol–water partition coefficient (Wildman–Crippen LogP) is 5.69. The molecule has 5 nitrogen and oxygen atoms in total. The second-order valence-corrected chi connectivity index (χ2v) is 9.46. The molecule has 1 atom stereocenters. The molecule has 1 fully saturated rings. The molecule has 154 valence electrons. The van der Waals surface area contributed by atoms with Crippen molar-refractivity contribution in [1.82, 2.24) is 14.9 Å². The summed E-state index contributed by atoms with van der Waals surface area (Å²) in [5, 5.41) is 12.2. The fraction of sp³-hybridized carbons (Fsp3) is 0.375. The largest absolute Gasteiger partial charge is 0.339 e. The molecular weight excluding hydrogens is 390 g/mol. The minimum atomic E-state index is 0.349. The highest BCUT2D eigenvalue weighted by Crippen LogP contribution is 2.34. The summed E-state index contributed by atoms with van der Waals surface area (Å²) >= 11 is 1.95. The van der Waals surface area contributed by atoms with E-state index in [-0.39, 0.29) is 0 Å². The molecule has 0 aliphatic carbocycles. The normalized spacial score (nSPS) is 16.7. The first-order valence-electron chi connectivity index (χ1n) is 10.5. The molecule has 3 aromatic rings. The van der Waals surface area contributed by atoms with E-state index in [1.165, 1.54) is 16.2 Å². The van der Waals surface area contributed by atoms with Gasteiger partial charge >= 0.3 is 0 Å². The summed E-state index contributed by atoms with van der Waals surface area (Å²) < 4.78 is 0. The molecule has 1 aliphatic rings. The second kappa shape index (κ2) is 9.38. The summed E-state index contributed by atoms with van der Waals surface area (Å²) in [6.45, 7) is 6.65. The van der Waals surface area contributed by atoms with E-state index in [4.69, 9.17) is 10.2 Å². The molecule has 0 radical (unpaired) electrons. The van der Waals surface area contributed by atoms with E-state index in [0.29, 0.717) is 17.7 Å². The number of rotatable bonds is 7. The Bertz CT molecular complexity index is 1020. The molecule has 0 amide bonds. The molecule has 4 heterocycles. The van der Waals surface area contributed by atoms with Crippen molar-refractivity contribution in [2.45, 2.75) is 45.7 Å². The van der Waals surface area contributed by atoms with Crippen molar-refractivity contribution in [3.05, 3.63) is 69.8 Å². The summed E-state index contributed by atoms with van der Waals surface area (Å²) in [4.78, 5) is 14.5. The Morgan fingerprint density at radius 1 is 1.20 bits per heavy atom. The van der Waals surface area contributed by atoms with Gasteiger partial charge in [0.15, 0.2) is 0 Å². The van der Waals surface area contributed by atoms with Gasteiger partial charge in [-0.15, -0.1) is 11.3 Å². The molecule has 0 spiro atoms. The molecule has 4 rings (SSSR count). The number of likely N-dealkylation sites (tertiary alicyclic amines) is 1. The zero-order chi connectivity index (χ0) is 20.9. The Hall–Kier alpha value is -2.75. The van der Waals surface area contributed by atoms with Crippen LogP contribution in [0.1, 0.15) is 53.9 Å². The highest BCUT2D eigenvalue weighted by molar-refractivity contribution is 7.11. The number of nitrogens with one attached hydrogen (secondary N) is 1. The maximum Gasteiger partial charge on any atom is 0.140 e. The van der Waals surface area contributed by atoms with Crippen molar-refractivity contribution < 1.29 is 0 Å². The molecule has 1 aliphatic heterocycles. The minimum absolute atomic E-state index is 0.349. The average Bonchev–Trinajstić information content (AvgIpc) is 3.38. The first-order chi connectivity index (χ1) is 14.6. The zero-order valence-electron chi connectivity index (χ0n) is 17.5. The predicted molar refractivity (Wildman–Crippen MR) is 122 cm³/mol. The van der Waals surface area contributed by atoms with E-state index in [1.54, 1.807) is 12.3 Å². The Morgan fingerprint density at radius 2 is 2.07 bits per heavy atom. The number of nitriles is 1. The van der Waals surface area contributed by atoms with Crippen LogP contribution >= 0.6 is 11.3 Å². The molecular formula is C24H27N5S. The van der Waals surface area contributed by atoms with Crippen molar-refractivity contribution in [1.29, 1.82) is 5.26 Å². The van der Waals surface area contributed by atoms with Crippen molar-refractivity contribution in [2.75, 3.05) is 11.9 Å². The van der Waals surface area contributed by atoms with Gasteiger partial charge < -0.3 is 5.32 Å². The van der Waals surface area contributed by atoms with Crippen LogP contribution in [0.4, 0.5) is 11.5 Å². The van der Waals surface area contributed by atoms with Crippen molar-refractivity contribution in [3.63, 3.8) is 0 Å². The van der Waals surface area contributed by atoms with Gasteiger partial charge in [0.25, 0.3) is 0 Å². The number of nitrogens with zero attached hydrogens (tertiary/aromatic N) is 4. The quantitative estimate of drug-likeness (QED) is 0.535. The molecule has 1 N–H and O–H groups in total. The Kier molecular flexibility index (Phi) is 6.41. The van der Waals surface area contributed by atoms with E-state index >= 15 is 0 Å². The fourth-order valence-corrected chi connectivity index (χ4v) is 5.21. The summed E-state index contributed by atoms with van der Waals surface area (Å²) in [6.07, 6.45) is 5.17. The van der Waals surface area contributed by atoms with Gasteiger partial charge in [0.2, 0.25) is 0 Å². The van der Waals surface area contributed by atoms with E-state index in [0.717, 1.165) is 43.1 Å². The van der Waals surface area contributed by atoms with Crippen LogP contribution in [0.15, 0.2) is 48.7 Å². The van der Waals surface area contributed by atoms with Crippen LogP contribution in [0.5, 0.6) is 0 Å². The van der Waals surface area contributed by atoms with Crippen LogP contribution in [-0.2, 0) is 13.0 Å². The Morgan fingerprint density at radius 3 is 2.83 bits per heavy atom. The van der Waals surface area contributed by atoms with Gasteiger partial charge in [-0.25, -0.2) is 9.97 Å². The van der Waals surface area contributed by atoms with Gasteiger partial charge in [0.1, 0.15) is 17.6 Å². The van der Waals surface area contributed by atoms with Crippen molar-refractivity contribution >= 4 is 22.8 Å². The molecule has 3 aromatic heterocycles. The highest BCUT2D eigenvalue weighted by Gasteiger charge is 2.27. The number of pyridine rings is 2. The number of hydrogen-bond acceptors (Lipinski definition) is 6. The number of hydrogen-bond donors (Lipinski definition) is 1. The smallest absolute Gasteiger partial charge is 0.140 e. The molecule has 0 aromatic carbocycles. The van der Waals surface area contributed by atoms with E-state index in [2.05, 4.69) is 53.3 Å². The third-order valence-corrected chi connectivity index (χ3v) is 6.40. The monoisotopic (exact) mass is 417 g/mol. The minimum Gasteiger partial charge on any atom is -0.339 e. The summed E-state index contributed by atoms with van der Waals surface area (Å²) in [5.74, 6) is 1.50. The first kappa shape index (κ1) is 20.5. The maximum atomic E-state index is 8.90. The third kappa shape index (κ3) is 5.05. The number of anilines is 2. The number of aromatic nitrogens is 2. The third-order valence-electron chi connectivity index (χ3n) is 5.31. The summed E-state index contributed by atoms with van der Waals surface area (Å²) in [7, 11) is 0. The van der Waals surface area contributed by atoms with Gasteiger partial charge in [-0.1, -0.05) is 19.9 Å². The van der Waals surface area contributed by atoms with Gasteiger partial charge in [-0.3, -0.25) is 4.90 Å². The Labute approximate surface area is 182 Å². The fourth-order valence-electron chi connectivity index (χ4n) is 3.96. The van der Waals surface area contributed by atoms with Crippen molar-refractivity contribution in [2.24, 2.45) is 5.92 Å². The Balaban J connectivity index is 1.45. The van der Waals surface area contributed by atoms with Crippen LogP contribution in [-0.4, -0.2) is 21.4 Å². The lowest BCUT2D eigenvalue weighted by Crippen LogP contribution is -2.23. The molecule has 0 saturated carbocycles. The second-order valence-electron chi connectivity index (χ2n) is 8.21. The molecule has 1 unspecified atom stereocenters. The van der Waals surface area contributed by atoms with Crippen LogP contribution in [0.2, 0.25) is 0 Å². The maximum absolute atomic E-state index is 8.90. The standard InChI is InChI=1S/C24H27N5S/c1-17(2)13-20-10-11-21(30-20)16-29-12-4-6-23(29)22-5-3-7-24(28-22)27-19-9-8-18(14-25)26-15-19/h3,5,7-11,15,17,23H,4,6,12-13,16H2,1-2H3,(H,27,28). The van der Waals surface area contributed by atoms with Gasteiger partial charge in [0, 0.05) is 16.3 Å². The van der Waals surface area contributed by atoms with E-state index in [9.17, 15) is 0 Å². The molecule has 30 heavy (non-hydrogen) atoms. The van der Waals surface area contributed by atoms with Crippen LogP contribution in [0.3, 0.4) is 0 Å². The highest BCUT2D eigenvalue weighted by atomic mass is 32.1. The van der Waals surface area contributed by atoms with Gasteiger partial charge in [-0.2, -0.15) is 5.26 Å². The average molecular weight is 418 g/mol. The molecule has 0 bridgehead atoms. The zero-order valence-corrected chi connectivity index (χ0v) is 18.3. The molecule has 6 heteroatoms. The van der Waals surface area contributed by atoms with Gasteiger partial charge in [0.05, 0.1) is 23.6 Å². The van der Waals surface area contributed by atoms with Crippen LogP contribution < -0.4 is 5.32 Å². The van der Waals surface area contributed by atoms with E-state index in [1.807, 2.05) is 29.5 Å². The lowest BCUT2D eigenvalue weighted by Gasteiger charge is -2.24. The summed E-state index contributed by atoms with van der Waals surface area (Å²) in [6, 6.07) is 16.7. The van der Waals surface area contributed by atoms with Crippen LogP contribution in [0.25, 0.3) is 0 Å². The lowest BCUT2D eigenvalue weighted by atomic mass is 10.1. The SMILES string of the molecule is CC(C)Cc1ccc(CN2CCCC2c2cccc(Nc3ccc(C#N)nc3)n2)s1. The van der Waals surface area contributed by atoms with E-state index < -0.39 is 0 Å². The first-order valence-corrected chi connectivity index (χ1v) is 11.3. The van der Waals surface area contributed by atoms with Crippen molar-refractivity contribution in [3.8, 4) is 6.07 Å². The van der Waals surface area contributed by atoms with Gasteiger partial charge in [-0.05, 0) is 68.1 Å². The topological polar surface area (TPSA) is 64.8 Å².